The number of methoxy groups -OCH3 is 1. The number of carbonyl (C=O) groups is 1. The molecule has 1 aromatic rings. The normalized spacial score (nSPS) is 11.2. The molecule has 0 atom stereocenters. The summed E-state index contributed by atoms with van der Waals surface area (Å²) in [6.07, 6.45) is 0. The summed E-state index contributed by atoms with van der Waals surface area (Å²) in [6.45, 7) is 3.20. The molecular weight excluding hydrogens is 318 g/mol. The van der Waals surface area contributed by atoms with Gasteiger partial charge in [0.2, 0.25) is 0 Å². The summed E-state index contributed by atoms with van der Waals surface area (Å²) in [5.41, 5.74) is 0.137. The summed E-state index contributed by atoms with van der Waals surface area (Å²) in [7, 11) is 4.39. The molecule has 1 aromatic carbocycles. The van der Waals surface area contributed by atoms with Crippen molar-refractivity contribution in [3.05, 3.63) is 23.8 Å². The summed E-state index contributed by atoms with van der Waals surface area (Å²) in [5, 5.41) is 0. The van der Waals surface area contributed by atoms with Crippen molar-refractivity contribution in [1.82, 2.24) is 4.90 Å². The Morgan fingerprint density at radius 1 is 1.38 bits per heavy atom. The largest absolute Gasteiger partial charge is 0.496 e. The van der Waals surface area contributed by atoms with Crippen molar-refractivity contribution in [2.45, 2.75) is 11.8 Å². The lowest BCUT2D eigenvalue weighted by Crippen LogP contribution is -2.30. The van der Waals surface area contributed by atoms with E-state index in [9.17, 15) is 13.2 Å². The Bertz CT molecular complexity index is 603. The summed E-state index contributed by atoms with van der Waals surface area (Å²) < 4.78 is 33.0. The Morgan fingerprint density at radius 3 is 2.57 bits per heavy atom. The Balaban J connectivity index is 3.06. The first kappa shape index (κ1) is 17.7. The van der Waals surface area contributed by atoms with Gasteiger partial charge < -0.3 is 14.4 Å². The first-order valence-electron chi connectivity index (χ1n) is 6.27. The van der Waals surface area contributed by atoms with Gasteiger partial charge in [0, 0.05) is 30.9 Å². The fourth-order valence-corrected chi connectivity index (χ4v) is 2.44. The third-order valence-electron chi connectivity index (χ3n) is 2.80. The fraction of sp³-hybridized carbons (Fsp3) is 0.462. The fourth-order valence-electron chi connectivity index (χ4n) is 1.66. The van der Waals surface area contributed by atoms with E-state index in [-0.39, 0.29) is 22.1 Å². The van der Waals surface area contributed by atoms with Gasteiger partial charge in [-0.25, -0.2) is 8.42 Å². The van der Waals surface area contributed by atoms with Crippen molar-refractivity contribution < 1.29 is 22.7 Å². The molecule has 0 spiro atoms. The third kappa shape index (κ3) is 4.87. The highest BCUT2D eigenvalue weighted by atomic mass is 35.7. The average molecular weight is 336 g/mol. The zero-order chi connectivity index (χ0) is 16.0. The van der Waals surface area contributed by atoms with Crippen LogP contribution in [-0.2, 0) is 13.8 Å². The van der Waals surface area contributed by atoms with Crippen LogP contribution >= 0.6 is 10.7 Å². The number of amides is 1. The van der Waals surface area contributed by atoms with E-state index in [1.54, 1.807) is 7.05 Å². The van der Waals surface area contributed by atoms with Crippen LogP contribution in [0.15, 0.2) is 23.1 Å². The lowest BCUT2D eigenvalue weighted by molar-refractivity contribution is 0.0706. The van der Waals surface area contributed by atoms with E-state index in [1.807, 2.05) is 6.92 Å². The number of ether oxygens (including phenoxy) is 2. The smallest absolute Gasteiger partial charge is 0.261 e. The van der Waals surface area contributed by atoms with Gasteiger partial charge in [-0.2, -0.15) is 0 Å². The minimum atomic E-state index is -3.91. The number of hydrogen-bond acceptors (Lipinski definition) is 5. The molecule has 0 fully saturated rings. The molecule has 1 rings (SSSR count). The maximum absolute atomic E-state index is 12.4. The molecule has 6 nitrogen and oxygen atoms in total. The molecule has 0 aromatic heterocycles. The van der Waals surface area contributed by atoms with Gasteiger partial charge in [0.25, 0.3) is 15.0 Å². The summed E-state index contributed by atoms with van der Waals surface area (Å²) in [4.78, 5) is 13.6. The molecule has 0 bridgehead atoms. The van der Waals surface area contributed by atoms with Gasteiger partial charge >= 0.3 is 0 Å². The van der Waals surface area contributed by atoms with Crippen LogP contribution in [0.1, 0.15) is 17.3 Å². The highest BCUT2D eigenvalue weighted by Crippen LogP contribution is 2.25. The van der Waals surface area contributed by atoms with E-state index in [4.69, 9.17) is 20.2 Å². The molecule has 8 heteroatoms. The van der Waals surface area contributed by atoms with Crippen molar-refractivity contribution in [3.63, 3.8) is 0 Å². The van der Waals surface area contributed by atoms with Crippen molar-refractivity contribution >= 4 is 25.6 Å². The minimum absolute atomic E-state index is 0.137. The van der Waals surface area contributed by atoms with Crippen LogP contribution in [0.4, 0.5) is 0 Å². The Hall–Kier alpha value is -1.31. The van der Waals surface area contributed by atoms with E-state index in [0.717, 1.165) is 0 Å². The number of benzene rings is 1. The molecule has 0 aliphatic carbocycles. The van der Waals surface area contributed by atoms with Crippen molar-refractivity contribution in [1.29, 1.82) is 0 Å². The van der Waals surface area contributed by atoms with Crippen LogP contribution in [0.3, 0.4) is 0 Å². The SMILES string of the molecule is CCOCCN(C)C(=O)c1cc(S(=O)(=O)Cl)ccc1OC. The molecule has 0 aliphatic heterocycles. The number of rotatable bonds is 7. The van der Waals surface area contributed by atoms with Crippen molar-refractivity contribution in [2.24, 2.45) is 0 Å². The van der Waals surface area contributed by atoms with Crippen molar-refractivity contribution in [2.75, 3.05) is 33.9 Å². The number of hydrogen-bond donors (Lipinski definition) is 0. The Morgan fingerprint density at radius 2 is 2.05 bits per heavy atom. The quantitative estimate of drug-likeness (QED) is 0.560. The van der Waals surface area contributed by atoms with Crippen LogP contribution in [0, 0.1) is 0 Å². The van der Waals surface area contributed by atoms with Crippen LogP contribution in [0.2, 0.25) is 0 Å². The highest BCUT2D eigenvalue weighted by molar-refractivity contribution is 8.13. The molecule has 0 aliphatic rings. The number of halogens is 1. The summed E-state index contributed by atoms with van der Waals surface area (Å²) in [6, 6.07) is 3.90. The van der Waals surface area contributed by atoms with Crippen molar-refractivity contribution in [3.8, 4) is 5.75 Å². The predicted octanol–water partition coefficient (Wildman–Crippen LogP) is 1.73. The third-order valence-corrected chi connectivity index (χ3v) is 4.16. The maximum Gasteiger partial charge on any atom is 0.261 e. The molecule has 0 heterocycles. The van der Waals surface area contributed by atoms with Gasteiger partial charge in [-0.1, -0.05) is 0 Å². The van der Waals surface area contributed by atoms with E-state index < -0.39 is 9.05 Å². The molecule has 0 N–H and O–H groups in total. The van der Waals surface area contributed by atoms with Crippen LogP contribution in [0.5, 0.6) is 5.75 Å². The minimum Gasteiger partial charge on any atom is -0.496 e. The van der Waals surface area contributed by atoms with Crippen LogP contribution < -0.4 is 4.74 Å². The lowest BCUT2D eigenvalue weighted by atomic mass is 10.1. The number of likely N-dealkylation sites (N-methyl/N-ethyl adjacent to an activating group) is 1. The second-order valence-corrected chi connectivity index (χ2v) is 6.79. The van der Waals surface area contributed by atoms with E-state index in [1.165, 1.54) is 30.2 Å². The van der Waals surface area contributed by atoms with Gasteiger partial charge in [0.1, 0.15) is 5.75 Å². The monoisotopic (exact) mass is 335 g/mol. The molecule has 21 heavy (non-hydrogen) atoms. The highest BCUT2D eigenvalue weighted by Gasteiger charge is 2.20. The van der Waals surface area contributed by atoms with E-state index in [2.05, 4.69) is 0 Å². The number of carbonyl (C=O) groups excluding carboxylic acids is 1. The summed E-state index contributed by atoms with van der Waals surface area (Å²) >= 11 is 0. The molecule has 0 saturated heterocycles. The van der Waals surface area contributed by atoms with E-state index in [0.29, 0.717) is 19.8 Å². The van der Waals surface area contributed by atoms with Gasteiger partial charge in [-0.05, 0) is 25.1 Å². The van der Waals surface area contributed by atoms with Gasteiger partial charge in [0.15, 0.2) is 0 Å². The first-order valence-corrected chi connectivity index (χ1v) is 8.58. The lowest BCUT2D eigenvalue weighted by Gasteiger charge is -2.18. The Labute approximate surface area is 129 Å². The summed E-state index contributed by atoms with van der Waals surface area (Å²) in [5.74, 6) is -0.0824. The second-order valence-electron chi connectivity index (χ2n) is 4.22. The average Bonchev–Trinajstić information content (AvgIpc) is 2.44. The van der Waals surface area contributed by atoms with E-state index >= 15 is 0 Å². The van der Waals surface area contributed by atoms with Crippen LogP contribution in [-0.4, -0.2) is 53.1 Å². The predicted molar refractivity (Wildman–Crippen MR) is 79.5 cm³/mol. The molecule has 1 amide bonds. The second kappa shape index (κ2) is 7.63. The van der Waals surface area contributed by atoms with Gasteiger partial charge in [-0.3, -0.25) is 4.79 Å². The molecular formula is C13H18ClNO5S. The number of nitrogens with zero attached hydrogens (tertiary/aromatic N) is 1. The molecule has 118 valence electrons. The maximum atomic E-state index is 12.4. The van der Waals surface area contributed by atoms with Gasteiger partial charge in [0.05, 0.1) is 24.2 Å². The van der Waals surface area contributed by atoms with Crippen LogP contribution in [0.25, 0.3) is 0 Å². The molecule has 0 saturated carbocycles. The Kier molecular flexibility index (Phi) is 6.44. The molecule has 0 radical (unpaired) electrons. The van der Waals surface area contributed by atoms with Gasteiger partial charge in [-0.15, -0.1) is 0 Å². The standard InChI is InChI=1S/C13H18ClNO5S/c1-4-20-8-7-15(2)13(16)11-9-10(21(14,17)18)5-6-12(11)19-3/h5-6,9H,4,7-8H2,1-3H3. The topological polar surface area (TPSA) is 72.9 Å². The molecule has 0 unspecified atom stereocenters. The zero-order valence-electron chi connectivity index (χ0n) is 12.1. The first-order chi connectivity index (χ1) is 9.81. The zero-order valence-corrected chi connectivity index (χ0v) is 13.7.